The number of amides is 1. The van der Waals surface area contributed by atoms with E-state index in [0.29, 0.717) is 0 Å². The van der Waals surface area contributed by atoms with Crippen molar-refractivity contribution in [3.8, 4) is 0 Å². The maximum atomic E-state index is 12.1. The molecule has 0 saturated heterocycles. The summed E-state index contributed by atoms with van der Waals surface area (Å²) in [6, 6.07) is 11.1. The van der Waals surface area contributed by atoms with E-state index in [0.717, 1.165) is 5.56 Å². The van der Waals surface area contributed by atoms with Crippen LogP contribution in [-0.4, -0.2) is 28.0 Å². The number of carbonyl (C=O) groups is 2. The highest BCUT2D eigenvalue weighted by atomic mass is 16.4. The van der Waals surface area contributed by atoms with Gasteiger partial charge in [-0.1, -0.05) is 30.3 Å². The number of carboxylic acids is 1. The molecule has 1 amide bonds. The summed E-state index contributed by atoms with van der Waals surface area (Å²) in [5, 5.41) is 11.7. The van der Waals surface area contributed by atoms with Gasteiger partial charge in [0.15, 0.2) is 0 Å². The molecule has 108 valence electrons. The fourth-order valence-corrected chi connectivity index (χ4v) is 1.90. The summed E-state index contributed by atoms with van der Waals surface area (Å²) in [5.41, 5.74) is 6.59. The minimum Gasteiger partial charge on any atom is -0.480 e. The second-order valence-electron chi connectivity index (χ2n) is 4.49. The number of nitrogens with two attached hydrogens (primary N) is 1. The van der Waals surface area contributed by atoms with Crippen molar-refractivity contribution in [1.82, 2.24) is 10.3 Å². The van der Waals surface area contributed by atoms with Crippen molar-refractivity contribution in [2.45, 2.75) is 12.5 Å². The van der Waals surface area contributed by atoms with Crippen molar-refractivity contribution in [1.29, 1.82) is 0 Å². The summed E-state index contributed by atoms with van der Waals surface area (Å²) in [6.45, 7) is 0. The Balaban J connectivity index is 2.12. The van der Waals surface area contributed by atoms with E-state index in [2.05, 4.69) is 10.3 Å². The largest absolute Gasteiger partial charge is 0.480 e. The Kier molecular flexibility index (Phi) is 4.50. The number of pyridine rings is 1. The highest BCUT2D eigenvalue weighted by molar-refractivity contribution is 6.00. The standard InChI is InChI=1S/C15H15N3O3/c16-13-11(7-4-8-17-13)14(19)18-12(15(20)21)9-10-5-2-1-3-6-10/h1-8,12H,9H2,(H2,16,17)(H,18,19)(H,20,21)/t12-/m0/s1. The first-order chi connectivity index (χ1) is 10.1. The summed E-state index contributed by atoms with van der Waals surface area (Å²) >= 11 is 0. The van der Waals surface area contributed by atoms with Gasteiger partial charge in [-0.2, -0.15) is 0 Å². The Labute approximate surface area is 121 Å². The minimum absolute atomic E-state index is 0.0684. The number of carboxylic acid groups (broad SMARTS) is 1. The molecule has 0 aliphatic carbocycles. The van der Waals surface area contributed by atoms with Crippen molar-refractivity contribution < 1.29 is 14.7 Å². The molecule has 0 aliphatic rings. The molecule has 0 spiro atoms. The molecule has 1 heterocycles. The number of nitrogens with zero attached hydrogens (tertiary/aromatic N) is 1. The number of aromatic nitrogens is 1. The molecule has 1 atom stereocenters. The predicted molar refractivity (Wildman–Crippen MR) is 77.7 cm³/mol. The van der Waals surface area contributed by atoms with Crippen molar-refractivity contribution in [2.75, 3.05) is 5.73 Å². The molecule has 4 N–H and O–H groups in total. The van der Waals surface area contributed by atoms with Crippen molar-refractivity contribution in [3.63, 3.8) is 0 Å². The molecule has 0 fully saturated rings. The van der Waals surface area contributed by atoms with E-state index in [1.165, 1.54) is 12.3 Å². The molecular formula is C15H15N3O3. The fraction of sp³-hybridized carbons (Fsp3) is 0.133. The molecule has 2 rings (SSSR count). The average Bonchev–Trinajstić information content (AvgIpc) is 2.48. The van der Waals surface area contributed by atoms with E-state index < -0.39 is 17.9 Å². The van der Waals surface area contributed by atoms with Gasteiger partial charge in [-0.05, 0) is 17.7 Å². The van der Waals surface area contributed by atoms with Crippen molar-refractivity contribution in [2.24, 2.45) is 0 Å². The molecule has 0 bridgehead atoms. The van der Waals surface area contributed by atoms with Gasteiger partial charge in [0.1, 0.15) is 11.9 Å². The molecule has 0 saturated carbocycles. The zero-order chi connectivity index (χ0) is 15.2. The lowest BCUT2D eigenvalue weighted by Gasteiger charge is -2.15. The molecule has 0 unspecified atom stereocenters. The van der Waals surface area contributed by atoms with Crippen LogP contribution in [0.4, 0.5) is 5.82 Å². The topological polar surface area (TPSA) is 105 Å². The van der Waals surface area contributed by atoms with Gasteiger partial charge in [-0.15, -0.1) is 0 Å². The van der Waals surface area contributed by atoms with Crippen LogP contribution in [0.15, 0.2) is 48.7 Å². The van der Waals surface area contributed by atoms with Crippen LogP contribution >= 0.6 is 0 Å². The lowest BCUT2D eigenvalue weighted by atomic mass is 10.1. The normalized spacial score (nSPS) is 11.6. The highest BCUT2D eigenvalue weighted by Gasteiger charge is 2.22. The number of rotatable bonds is 5. The second-order valence-corrected chi connectivity index (χ2v) is 4.49. The molecule has 2 aromatic rings. The molecule has 6 heteroatoms. The quantitative estimate of drug-likeness (QED) is 0.762. The van der Waals surface area contributed by atoms with Crippen LogP contribution < -0.4 is 11.1 Å². The van der Waals surface area contributed by atoms with Crippen LogP contribution in [0.1, 0.15) is 15.9 Å². The number of nitrogen functional groups attached to an aromatic ring is 1. The maximum Gasteiger partial charge on any atom is 0.326 e. The van der Waals surface area contributed by atoms with Gasteiger partial charge in [0.05, 0.1) is 5.56 Å². The van der Waals surface area contributed by atoms with Gasteiger partial charge in [0, 0.05) is 12.6 Å². The molecule has 6 nitrogen and oxygen atoms in total. The van der Waals surface area contributed by atoms with Crippen LogP contribution in [-0.2, 0) is 11.2 Å². The molecule has 0 radical (unpaired) electrons. The average molecular weight is 285 g/mol. The van der Waals surface area contributed by atoms with Gasteiger partial charge in [-0.25, -0.2) is 9.78 Å². The monoisotopic (exact) mass is 285 g/mol. The Bertz CT molecular complexity index is 644. The van der Waals surface area contributed by atoms with Crippen LogP contribution in [0.25, 0.3) is 0 Å². The zero-order valence-corrected chi connectivity index (χ0v) is 11.2. The first-order valence-corrected chi connectivity index (χ1v) is 6.36. The zero-order valence-electron chi connectivity index (χ0n) is 11.2. The molecule has 1 aromatic carbocycles. The van der Waals surface area contributed by atoms with Crippen LogP contribution in [0, 0.1) is 0 Å². The summed E-state index contributed by atoms with van der Waals surface area (Å²) in [5.74, 6) is -1.59. The summed E-state index contributed by atoms with van der Waals surface area (Å²) in [4.78, 5) is 27.2. The molecule has 0 aliphatic heterocycles. The van der Waals surface area contributed by atoms with E-state index in [4.69, 9.17) is 5.73 Å². The number of nitrogens with one attached hydrogen (secondary N) is 1. The number of anilines is 1. The Morgan fingerprint density at radius 3 is 2.52 bits per heavy atom. The van der Waals surface area contributed by atoms with Crippen LogP contribution in [0.2, 0.25) is 0 Å². The number of hydrogen-bond acceptors (Lipinski definition) is 4. The summed E-state index contributed by atoms with van der Waals surface area (Å²) in [7, 11) is 0. The number of benzene rings is 1. The smallest absolute Gasteiger partial charge is 0.326 e. The van der Waals surface area contributed by atoms with E-state index >= 15 is 0 Å². The number of carbonyl (C=O) groups excluding carboxylic acids is 1. The first kappa shape index (κ1) is 14.5. The highest BCUT2D eigenvalue weighted by Crippen LogP contribution is 2.09. The maximum absolute atomic E-state index is 12.1. The second kappa shape index (κ2) is 6.51. The SMILES string of the molecule is Nc1ncccc1C(=O)N[C@@H](Cc1ccccc1)C(=O)O. The van der Waals surface area contributed by atoms with E-state index in [9.17, 15) is 14.7 Å². The Hall–Kier alpha value is -2.89. The van der Waals surface area contributed by atoms with Gasteiger partial charge < -0.3 is 16.2 Å². The molecule has 1 aromatic heterocycles. The van der Waals surface area contributed by atoms with E-state index in [1.807, 2.05) is 18.2 Å². The first-order valence-electron chi connectivity index (χ1n) is 6.36. The fourth-order valence-electron chi connectivity index (χ4n) is 1.90. The van der Waals surface area contributed by atoms with Gasteiger partial charge in [-0.3, -0.25) is 4.79 Å². The number of aliphatic carboxylic acids is 1. The van der Waals surface area contributed by atoms with Gasteiger partial charge in [0.2, 0.25) is 0 Å². The minimum atomic E-state index is -1.10. The van der Waals surface area contributed by atoms with E-state index in [1.54, 1.807) is 18.2 Å². The lowest BCUT2D eigenvalue weighted by molar-refractivity contribution is -0.139. The molecule has 21 heavy (non-hydrogen) atoms. The van der Waals surface area contributed by atoms with E-state index in [-0.39, 0.29) is 17.8 Å². The van der Waals surface area contributed by atoms with Gasteiger partial charge in [0.25, 0.3) is 5.91 Å². The predicted octanol–water partition coefficient (Wildman–Crippen LogP) is 1.09. The van der Waals surface area contributed by atoms with Crippen molar-refractivity contribution >= 4 is 17.7 Å². The number of hydrogen-bond donors (Lipinski definition) is 3. The van der Waals surface area contributed by atoms with Gasteiger partial charge >= 0.3 is 5.97 Å². The third-order valence-electron chi connectivity index (χ3n) is 2.97. The van der Waals surface area contributed by atoms with Crippen molar-refractivity contribution in [3.05, 3.63) is 59.8 Å². The van der Waals surface area contributed by atoms with Crippen LogP contribution in [0.5, 0.6) is 0 Å². The Morgan fingerprint density at radius 1 is 1.19 bits per heavy atom. The summed E-state index contributed by atoms with van der Waals surface area (Å²) < 4.78 is 0. The third kappa shape index (κ3) is 3.79. The lowest BCUT2D eigenvalue weighted by Crippen LogP contribution is -2.42. The third-order valence-corrected chi connectivity index (χ3v) is 2.97. The summed E-state index contributed by atoms with van der Waals surface area (Å²) in [6.07, 6.45) is 1.66. The van der Waals surface area contributed by atoms with Crippen LogP contribution in [0.3, 0.4) is 0 Å². The Morgan fingerprint density at radius 2 is 1.90 bits per heavy atom. The molecular weight excluding hydrogens is 270 g/mol.